The van der Waals surface area contributed by atoms with E-state index in [4.69, 9.17) is 14.5 Å². The molecule has 0 spiro atoms. The van der Waals surface area contributed by atoms with E-state index in [0.29, 0.717) is 17.9 Å². The molecule has 0 bridgehead atoms. The number of rotatable bonds is 7. The highest BCUT2D eigenvalue weighted by Crippen LogP contribution is 2.37. The average Bonchev–Trinajstić information content (AvgIpc) is 2.99. The van der Waals surface area contributed by atoms with Crippen LogP contribution in [0.2, 0.25) is 0 Å². The molecule has 3 aromatic rings. The van der Waals surface area contributed by atoms with Gasteiger partial charge >= 0.3 is 6.36 Å². The van der Waals surface area contributed by atoms with Crippen LogP contribution >= 0.6 is 0 Å². The molecule has 2 heterocycles. The highest BCUT2D eigenvalue weighted by molar-refractivity contribution is 5.85. The van der Waals surface area contributed by atoms with Crippen LogP contribution in [0.3, 0.4) is 0 Å². The van der Waals surface area contributed by atoms with Crippen LogP contribution in [0.15, 0.2) is 30.5 Å². The van der Waals surface area contributed by atoms with Gasteiger partial charge < -0.3 is 18.8 Å². The number of methoxy groups -OCH3 is 2. The Labute approximate surface area is 173 Å². The molecule has 162 valence electrons. The van der Waals surface area contributed by atoms with Gasteiger partial charge in [-0.1, -0.05) is 6.92 Å². The summed E-state index contributed by atoms with van der Waals surface area (Å²) in [6, 6.07) is 6.25. The van der Waals surface area contributed by atoms with Gasteiger partial charge in [-0.05, 0) is 49.6 Å². The Kier molecular flexibility index (Phi) is 6.26. The lowest BCUT2D eigenvalue weighted by Crippen LogP contribution is -2.17. The van der Waals surface area contributed by atoms with Crippen molar-refractivity contribution in [1.29, 1.82) is 0 Å². The summed E-state index contributed by atoms with van der Waals surface area (Å²) in [7, 11) is 3.09. The first-order valence-electron chi connectivity index (χ1n) is 9.60. The van der Waals surface area contributed by atoms with Crippen LogP contribution in [0.1, 0.15) is 30.5 Å². The van der Waals surface area contributed by atoms with E-state index in [1.165, 1.54) is 25.3 Å². The zero-order valence-electron chi connectivity index (χ0n) is 17.6. The predicted octanol–water partition coefficient (Wildman–Crippen LogP) is 5.82. The van der Waals surface area contributed by atoms with E-state index in [9.17, 15) is 13.2 Å². The number of nitrogens with zero attached hydrogens (tertiary/aromatic N) is 2. The summed E-state index contributed by atoms with van der Waals surface area (Å²) in [5, 5.41) is 0. The Bertz CT molecular complexity index is 1040. The Morgan fingerprint density at radius 1 is 1.10 bits per heavy atom. The Hall–Kier alpha value is -2.74. The molecular weight excluding hydrogens is 397 g/mol. The van der Waals surface area contributed by atoms with E-state index < -0.39 is 6.36 Å². The van der Waals surface area contributed by atoms with Crippen LogP contribution in [-0.2, 0) is 4.74 Å². The maximum absolute atomic E-state index is 12.5. The van der Waals surface area contributed by atoms with Gasteiger partial charge in [0.2, 0.25) is 0 Å². The van der Waals surface area contributed by atoms with Gasteiger partial charge in [-0.3, -0.25) is 0 Å². The Morgan fingerprint density at radius 3 is 2.43 bits per heavy atom. The summed E-state index contributed by atoms with van der Waals surface area (Å²) in [6.07, 6.45) is -1.80. The van der Waals surface area contributed by atoms with Gasteiger partial charge in [0.05, 0.1) is 36.5 Å². The highest BCUT2D eigenvalue weighted by Gasteiger charge is 2.31. The van der Waals surface area contributed by atoms with Crippen molar-refractivity contribution in [1.82, 2.24) is 9.55 Å². The minimum atomic E-state index is -4.77. The fourth-order valence-electron chi connectivity index (χ4n) is 3.65. The normalized spacial score (nSPS) is 12.9. The number of fused-ring (bicyclic) bond motifs is 1. The van der Waals surface area contributed by atoms with Crippen molar-refractivity contribution < 1.29 is 27.4 Å². The molecule has 0 N–H and O–H groups in total. The molecule has 0 amide bonds. The third kappa shape index (κ3) is 4.38. The first kappa shape index (κ1) is 22.0. The van der Waals surface area contributed by atoms with Crippen molar-refractivity contribution >= 4 is 11.0 Å². The smallest absolute Gasteiger partial charge is 0.496 e. The number of aromatic nitrogens is 2. The van der Waals surface area contributed by atoms with Gasteiger partial charge in [-0.25, -0.2) is 4.98 Å². The highest BCUT2D eigenvalue weighted by atomic mass is 19.4. The largest absolute Gasteiger partial charge is 0.573 e. The van der Waals surface area contributed by atoms with Crippen molar-refractivity contribution in [3.05, 3.63) is 41.6 Å². The Morgan fingerprint density at radius 2 is 1.83 bits per heavy atom. The zero-order chi connectivity index (χ0) is 22.1. The molecular formula is C22H25F3N2O3. The lowest BCUT2D eigenvalue weighted by atomic mass is 10.0. The molecule has 0 saturated heterocycles. The number of pyridine rings is 1. The summed E-state index contributed by atoms with van der Waals surface area (Å²) >= 11 is 0. The lowest BCUT2D eigenvalue weighted by Gasteiger charge is -2.18. The SMILES string of the molecule is CC[C@@H](COC)n1cc(C)c2nc(-c3ccc(OC(F)(F)F)cc3OC)c(C)cc21. The molecule has 3 rings (SSSR count). The maximum atomic E-state index is 12.5. The second-order valence-electron chi connectivity index (χ2n) is 7.17. The van der Waals surface area contributed by atoms with Crippen LogP contribution in [-0.4, -0.2) is 36.7 Å². The maximum Gasteiger partial charge on any atom is 0.573 e. The van der Waals surface area contributed by atoms with Gasteiger partial charge in [0.15, 0.2) is 0 Å². The quantitative estimate of drug-likeness (QED) is 0.481. The number of benzene rings is 1. The molecule has 1 atom stereocenters. The van der Waals surface area contributed by atoms with Gasteiger partial charge in [-0.15, -0.1) is 13.2 Å². The van der Waals surface area contributed by atoms with Crippen molar-refractivity contribution in [3.63, 3.8) is 0 Å². The summed E-state index contributed by atoms with van der Waals surface area (Å²) in [5.74, 6) is -0.0795. The van der Waals surface area contributed by atoms with Gasteiger partial charge in [0.1, 0.15) is 11.5 Å². The standard InChI is InChI=1S/C22H25F3N2O3/c1-6-15(12-28-4)27-11-14(3)21-18(27)9-13(2)20(26-21)17-8-7-16(10-19(17)29-5)30-22(23,24)25/h7-11,15H,6,12H2,1-5H3/t15-/m0/s1. The van der Waals surface area contributed by atoms with Crippen LogP contribution in [0, 0.1) is 13.8 Å². The van der Waals surface area contributed by atoms with Crippen molar-refractivity contribution in [2.75, 3.05) is 20.8 Å². The topological polar surface area (TPSA) is 45.5 Å². The Balaban J connectivity index is 2.11. The van der Waals surface area contributed by atoms with E-state index >= 15 is 0 Å². The van der Waals surface area contributed by atoms with Gasteiger partial charge in [0.25, 0.3) is 0 Å². The van der Waals surface area contributed by atoms with E-state index in [1.54, 1.807) is 7.11 Å². The third-order valence-corrected chi connectivity index (χ3v) is 5.06. The fraction of sp³-hybridized carbons (Fsp3) is 0.409. The second-order valence-corrected chi connectivity index (χ2v) is 7.17. The van der Waals surface area contributed by atoms with Crippen LogP contribution in [0.25, 0.3) is 22.3 Å². The molecule has 8 heteroatoms. The molecule has 0 saturated carbocycles. The second kappa shape index (κ2) is 8.55. The third-order valence-electron chi connectivity index (χ3n) is 5.06. The van der Waals surface area contributed by atoms with Crippen molar-refractivity contribution in [3.8, 4) is 22.8 Å². The molecule has 30 heavy (non-hydrogen) atoms. The molecule has 0 aliphatic carbocycles. The molecule has 0 radical (unpaired) electrons. The van der Waals surface area contributed by atoms with Crippen LogP contribution in [0.4, 0.5) is 13.2 Å². The first-order valence-corrected chi connectivity index (χ1v) is 9.60. The fourth-order valence-corrected chi connectivity index (χ4v) is 3.65. The number of ether oxygens (including phenoxy) is 3. The number of halogens is 3. The molecule has 0 unspecified atom stereocenters. The first-order chi connectivity index (χ1) is 14.2. The number of hydrogen-bond acceptors (Lipinski definition) is 4. The summed E-state index contributed by atoms with van der Waals surface area (Å²) in [6.45, 7) is 6.61. The van der Waals surface area contributed by atoms with E-state index in [0.717, 1.165) is 28.6 Å². The van der Waals surface area contributed by atoms with E-state index in [-0.39, 0.29) is 17.5 Å². The van der Waals surface area contributed by atoms with Crippen molar-refractivity contribution in [2.24, 2.45) is 0 Å². The van der Waals surface area contributed by atoms with Gasteiger partial charge in [-0.2, -0.15) is 0 Å². The van der Waals surface area contributed by atoms with Crippen molar-refractivity contribution in [2.45, 2.75) is 39.6 Å². The van der Waals surface area contributed by atoms with Gasteiger partial charge in [0, 0.05) is 24.9 Å². The summed E-state index contributed by atoms with van der Waals surface area (Å²) in [4.78, 5) is 4.85. The molecule has 5 nitrogen and oxygen atoms in total. The molecule has 0 aliphatic heterocycles. The van der Waals surface area contributed by atoms with Crippen LogP contribution in [0.5, 0.6) is 11.5 Å². The minimum absolute atomic E-state index is 0.187. The number of alkyl halides is 3. The van der Waals surface area contributed by atoms with E-state index in [2.05, 4.69) is 22.4 Å². The lowest BCUT2D eigenvalue weighted by molar-refractivity contribution is -0.274. The molecule has 0 fully saturated rings. The molecule has 2 aromatic heterocycles. The molecule has 0 aliphatic rings. The average molecular weight is 422 g/mol. The summed E-state index contributed by atoms with van der Waals surface area (Å²) in [5.41, 5.74) is 4.98. The minimum Gasteiger partial charge on any atom is -0.496 e. The van der Waals surface area contributed by atoms with Crippen LogP contribution < -0.4 is 9.47 Å². The number of aryl methyl sites for hydroxylation is 2. The number of hydrogen-bond donors (Lipinski definition) is 0. The summed E-state index contributed by atoms with van der Waals surface area (Å²) < 4.78 is 54.5. The monoisotopic (exact) mass is 422 g/mol. The van der Waals surface area contributed by atoms with E-state index in [1.807, 2.05) is 19.9 Å². The molecule has 1 aromatic carbocycles. The predicted molar refractivity (Wildman–Crippen MR) is 109 cm³/mol. The zero-order valence-corrected chi connectivity index (χ0v) is 17.6.